The Kier molecular flexibility index (Phi) is 5.21. The number of fused-ring (bicyclic) bond motifs is 1. The van der Waals surface area contributed by atoms with Gasteiger partial charge in [-0.2, -0.15) is 5.10 Å². The molecule has 0 aliphatic carbocycles. The highest BCUT2D eigenvalue weighted by molar-refractivity contribution is 5.82. The molecular formula is C22H26N4O. The van der Waals surface area contributed by atoms with Gasteiger partial charge in [0.15, 0.2) is 0 Å². The van der Waals surface area contributed by atoms with E-state index in [1.165, 1.54) is 24.0 Å². The molecule has 2 aromatic carbocycles. The van der Waals surface area contributed by atoms with Crippen LogP contribution in [0.5, 0.6) is 0 Å². The molecule has 1 saturated heterocycles. The molecule has 0 saturated carbocycles. The SMILES string of the molecule is Cc1ccc([C@H](CNC(=O)Cc2ccc3[nH]ncc3c2)N2CCCC2)cc1. The van der Waals surface area contributed by atoms with Gasteiger partial charge in [-0.25, -0.2) is 0 Å². The number of benzene rings is 2. The summed E-state index contributed by atoms with van der Waals surface area (Å²) in [5.74, 6) is 0.0640. The van der Waals surface area contributed by atoms with E-state index in [2.05, 4.69) is 51.6 Å². The summed E-state index contributed by atoms with van der Waals surface area (Å²) in [5, 5.41) is 11.2. The fourth-order valence-electron chi connectivity index (χ4n) is 3.86. The van der Waals surface area contributed by atoms with Gasteiger partial charge in [0.05, 0.1) is 24.2 Å². The van der Waals surface area contributed by atoms with Crippen LogP contribution in [0.2, 0.25) is 0 Å². The van der Waals surface area contributed by atoms with Crippen molar-refractivity contribution in [2.45, 2.75) is 32.2 Å². The molecule has 1 fully saturated rings. The van der Waals surface area contributed by atoms with Crippen molar-refractivity contribution < 1.29 is 4.79 Å². The van der Waals surface area contributed by atoms with E-state index in [9.17, 15) is 4.79 Å². The van der Waals surface area contributed by atoms with Crippen molar-refractivity contribution in [1.29, 1.82) is 0 Å². The minimum absolute atomic E-state index is 0.0640. The van der Waals surface area contributed by atoms with Crippen molar-refractivity contribution in [3.8, 4) is 0 Å². The molecule has 140 valence electrons. The zero-order valence-corrected chi connectivity index (χ0v) is 15.7. The summed E-state index contributed by atoms with van der Waals surface area (Å²) in [4.78, 5) is 15.0. The largest absolute Gasteiger partial charge is 0.354 e. The Morgan fingerprint density at radius 1 is 1.19 bits per heavy atom. The first-order valence-corrected chi connectivity index (χ1v) is 9.68. The number of rotatable bonds is 6. The molecule has 1 atom stereocenters. The van der Waals surface area contributed by atoms with Gasteiger partial charge in [-0.15, -0.1) is 0 Å². The highest BCUT2D eigenvalue weighted by Crippen LogP contribution is 2.25. The molecule has 2 heterocycles. The number of hydrogen-bond acceptors (Lipinski definition) is 3. The van der Waals surface area contributed by atoms with E-state index in [-0.39, 0.29) is 11.9 Å². The van der Waals surface area contributed by atoms with Gasteiger partial charge in [0.1, 0.15) is 0 Å². The number of H-pyrrole nitrogens is 1. The average molecular weight is 362 g/mol. The number of carbonyl (C=O) groups is 1. The topological polar surface area (TPSA) is 61.0 Å². The van der Waals surface area contributed by atoms with Crippen molar-refractivity contribution in [1.82, 2.24) is 20.4 Å². The lowest BCUT2D eigenvalue weighted by molar-refractivity contribution is -0.120. The minimum Gasteiger partial charge on any atom is -0.354 e. The molecule has 0 spiro atoms. The maximum Gasteiger partial charge on any atom is 0.224 e. The quantitative estimate of drug-likeness (QED) is 0.707. The van der Waals surface area contributed by atoms with E-state index < -0.39 is 0 Å². The summed E-state index contributed by atoms with van der Waals surface area (Å²) >= 11 is 0. The summed E-state index contributed by atoms with van der Waals surface area (Å²) in [6, 6.07) is 14.9. The third-order valence-electron chi connectivity index (χ3n) is 5.41. The lowest BCUT2D eigenvalue weighted by Crippen LogP contribution is -2.37. The molecule has 5 heteroatoms. The third kappa shape index (κ3) is 4.19. The van der Waals surface area contributed by atoms with Gasteiger partial charge in [0.2, 0.25) is 5.91 Å². The number of aromatic amines is 1. The van der Waals surface area contributed by atoms with Crippen LogP contribution in [0.3, 0.4) is 0 Å². The molecular weight excluding hydrogens is 336 g/mol. The van der Waals surface area contributed by atoms with Crippen LogP contribution in [-0.4, -0.2) is 40.6 Å². The maximum absolute atomic E-state index is 12.5. The lowest BCUT2D eigenvalue weighted by Gasteiger charge is -2.28. The molecule has 1 aliphatic rings. The van der Waals surface area contributed by atoms with Crippen LogP contribution in [0.1, 0.15) is 35.6 Å². The number of likely N-dealkylation sites (tertiary alicyclic amines) is 1. The van der Waals surface area contributed by atoms with Crippen LogP contribution in [-0.2, 0) is 11.2 Å². The maximum atomic E-state index is 12.5. The Morgan fingerprint density at radius 2 is 1.96 bits per heavy atom. The molecule has 1 aliphatic heterocycles. The Bertz CT molecular complexity index is 909. The summed E-state index contributed by atoms with van der Waals surface area (Å²) < 4.78 is 0. The lowest BCUT2D eigenvalue weighted by atomic mass is 10.0. The zero-order chi connectivity index (χ0) is 18.6. The standard InChI is InChI=1S/C22H26N4O/c1-16-4-7-18(8-5-16)21(26-10-2-3-11-26)15-23-22(27)13-17-6-9-20-19(12-17)14-24-25-20/h4-9,12,14,21H,2-3,10-11,13,15H2,1H3,(H,23,27)(H,24,25)/t21-/m0/s1. The highest BCUT2D eigenvalue weighted by atomic mass is 16.1. The smallest absolute Gasteiger partial charge is 0.224 e. The van der Waals surface area contributed by atoms with E-state index in [0.29, 0.717) is 13.0 Å². The molecule has 4 rings (SSSR count). The van der Waals surface area contributed by atoms with E-state index in [4.69, 9.17) is 0 Å². The van der Waals surface area contributed by atoms with Gasteiger partial charge in [0.25, 0.3) is 0 Å². The van der Waals surface area contributed by atoms with E-state index in [1.807, 2.05) is 18.2 Å². The molecule has 27 heavy (non-hydrogen) atoms. The normalized spacial score (nSPS) is 15.9. The van der Waals surface area contributed by atoms with E-state index in [1.54, 1.807) is 6.20 Å². The van der Waals surface area contributed by atoms with Crippen LogP contribution in [0.4, 0.5) is 0 Å². The fraction of sp³-hybridized carbons (Fsp3) is 0.364. The monoisotopic (exact) mass is 362 g/mol. The van der Waals surface area contributed by atoms with Crippen LogP contribution in [0.15, 0.2) is 48.7 Å². The summed E-state index contributed by atoms with van der Waals surface area (Å²) in [6.45, 7) is 4.96. The number of nitrogens with one attached hydrogen (secondary N) is 2. The van der Waals surface area contributed by atoms with Gasteiger partial charge >= 0.3 is 0 Å². The Hall–Kier alpha value is -2.66. The first kappa shape index (κ1) is 17.7. The van der Waals surface area contributed by atoms with Gasteiger partial charge in [-0.05, 0) is 56.1 Å². The van der Waals surface area contributed by atoms with Gasteiger partial charge < -0.3 is 5.32 Å². The number of nitrogens with zero attached hydrogens (tertiary/aromatic N) is 2. The molecule has 2 N–H and O–H groups in total. The Balaban J connectivity index is 1.41. The number of amides is 1. The zero-order valence-electron chi connectivity index (χ0n) is 15.7. The molecule has 5 nitrogen and oxygen atoms in total. The minimum atomic E-state index is 0.0640. The van der Waals surface area contributed by atoms with Gasteiger partial charge in [0, 0.05) is 11.9 Å². The van der Waals surface area contributed by atoms with E-state index >= 15 is 0 Å². The van der Waals surface area contributed by atoms with Crippen LogP contribution < -0.4 is 5.32 Å². The number of hydrogen-bond donors (Lipinski definition) is 2. The van der Waals surface area contributed by atoms with Crippen molar-refractivity contribution in [2.24, 2.45) is 0 Å². The van der Waals surface area contributed by atoms with Crippen molar-refractivity contribution in [3.63, 3.8) is 0 Å². The Morgan fingerprint density at radius 3 is 2.74 bits per heavy atom. The molecule has 0 radical (unpaired) electrons. The Labute approximate surface area is 159 Å². The number of aromatic nitrogens is 2. The van der Waals surface area contributed by atoms with Crippen molar-refractivity contribution >= 4 is 16.8 Å². The fourth-order valence-corrected chi connectivity index (χ4v) is 3.86. The molecule has 1 aromatic heterocycles. The van der Waals surface area contributed by atoms with Crippen LogP contribution in [0, 0.1) is 6.92 Å². The van der Waals surface area contributed by atoms with Crippen molar-refractivity contribution in [3.05, 3.63) is 65.4 Å². The molecule has 0 bridgehead atoms. The molecule has 3 aromatic rings. The number of carbonyl (C=O) groups excluding carboxylic acids is 1. The number of aryl methyl sites for hydroxylation is 1. The van der Waals surface area contributed by atoms with Crippen LogP contribution >= 0.6 is 0 Å². The first-order chi connectivity index (χ1) is 13.2. The summed E-state index contributed by atoms with van der Waals surface area (Å²) in [5.41, 5.74) is 4.54. The molecule has 0 unspecified atom stereocenters. The van der Waals surface area contributed by atoms with E-state index in [0.717, 1.165) is 29.6 Å². The highest BCUT2D eigenvalue weighted by Gasteiger charge is 2.23. The second kappa shape index (κ2) is 7.92. The van der Waals surface area contributed by atoms with Crippen molar-refractivity contribution in [2.75, 3.05) is 19.6 Å². The molecule has 1 amide bonds. The second-order valence-corrected chi connectivity index (χ2v) is 7.44. The van der Waals surface area contributed by atoms with Crippen LogP contribution in [0.25, 0.3) is 10.9 Å². The predicted molar refractivity (Wildman–Crippen MR) is 108 cm³/mol. The van der Waals surface area contributed by atoms with Gasteiger partial charge in [-0.1, -0.05) is 35.9 Å². The summed E-state index contributed by atoms with van der Waals surface area (Å²) in [7, 11) is 0. The second-order valence-electron chi connectivity index (χ2n) is 7.44. The summed E-state index contributed by atoms with van der Waals surface area (Å²) in [6.07, 6.45) is 4.65. The first-order valence-electron chi connectivity index (χ1n) is 9.68. The average Bonchev–Trinajstić information content (AvgIpc) is 3.35. The predicted octanol–water partition coefficient (Wildman–Crippen LogP) is 3.37. The van der Waals surface area contributed by atoms with Gasteiger partial charge in [-0.3, -0.25) is 14.8 Å². The third-order valence-corrected chi connectivity index (χ3v) is 5.41.